The number of esters is 2. The predicted molar refractivity (Wildman–Crippen MR) is 97.7 cm³/mol. The molecular weight excluding hydrogens is 332 g/mol. The molecule has 0 spiro atoms. The molecule has 0 saturated carbocycles. The van der Waals surface area contributed by atoms with Crippen LogP contribution < -0.4 is 0 Å². The second-order valence-corrected chi connectivity index (χ2v) is 5.32. The number of hydrogen-bond donors (Lipinski definition) is 1. The Morgan fingerprint density at radius 2 is 1.35 bits per heavy atom. The van der Waals surface area contributed by atoms with Crippen LogP contribution in [0.1, 0.15) is 20.7 Å². The van der Waals surface area contributed by atoms with E-state index < -0.39 is 24.1 Å². The molecule has 26 heavy (non-hydrogen) atoms. The van der Waals surface area contributed by atoms with E-state index in [1.165, 1.54) is 18.2 Å². The summed E-state index contributed by atoms with van der Waals surface area (Å²) >= 11 is 0. The van der Waals surface area contributed by atoms with Crippen molar-refractivity contribution in [3.8, 4) is 0 Å². The molecule has 2 aromatic carbocycles. The Bertz CT molecular complexity index is 752. The van der Waals surface area contributed by atoms with Crippen molar-refractivity contribution in [3.63, 3.8) is 0 Å². The number of rotatable bonds is 8. The van der Waals surface area contributed by atoms with Crippen LogP contribution in [0.5, 0.6) is 0 Å². The Balaban J connectivity index is 2.14. The van der Waals surface area contributed by atoms with Crippen molar-refractivity contribution < 1.29 is 24.2 Å². The van der Waals surface area contributed by atoms with Crippen LogP contribution in [-0.2, 0) is 9.47 Å². The first kappa shape index (κ1) is 19.1. The van der Waals surface area contributed by atoms with Gasteiger partial charge < -0.3 is 14.6 Å². The average Bonchev–Trinajstić information content (AvgIpc) is 2.70. The Morgan fingerprint density at radius 3 is 1.77 bits per heavy atom. The van der Waals surface area contributed by atoms with Crippen molar-refractivity contribution in [2.24, 2.45) is 0 Å². The molecule has 0 radical (unpaired) electrons. The van der Waals surface area contributed by atoms with E-state index in [0.29, 0.717) is 11.1 Å². The van der Waals surface area contributed by atoms with Gasteiger partial charge in [-0.05, 0) is 36.4 Å². The Kier molecular flexibility index (Phi) is 7.33. The van der Waals surface area contributed by atoms with E-state index in [2.05, 4.69) is 6.58 Å². The van der Waals surface area contributed by atoms with Gasteiger partial charge in [0.2, 0.25) is 0 Å². The van der Waals surface area contributed by atoms with Gasteiger partial charge in [0.1, 0.15) is 0 Å². The predicted octanol–water partition coefficient (Wildman–Crippen LogP) is 3.17. The highest BCUT2D eigenvalue weighted by Crippen LogP contribution is 2.14. The smallest absolute Gasteiger partial charge is 0.338 e. The number of aliphatic hydroxyl groups excluding tert-OH is 1. The van der Waals surface area contributed by atoms with Crippen LogP contribution in [0.15, 0.2) is 85.5 Å². The van der Waals surface area contributed by atoms with Crippen LogP contribution >= 0.6 is 0 Å². The molecule has 0 aliphatic carbocycles. The third kappa shape index (κ3) is 5.43. The lowest BCUT2D eigenvalue weighted by Crippen LogP contribution is -2.32. The highest BCUT2D eigenvalue weighted by molar-refractivity contribution is 5.90. The lowest BCUT2D eigenvalue weighted by molar-refractivity contribution is -0.00730. The number of benzene rings is 2. The van der Waals surface area contributed by atoms with Gasteiger partial charge in [0.15, 0.2) is 12.2 Å². The van der Waals surface area contributed by atoms with Gasteiger partial charge in [-0.25, -0.2) is 9.59 Å². The first-order valence-corrected chi connectivity index (χ1v) is 8.08. The van der Waals surface area contributed by atoms with Crippen molar-refractivity contribution in [2.45, 2.75) is 12.2 Å². The summed E-state index contributed by atoms with van der Waals surface area (Å²) in [6.07, 6.45) is 2.44. The molecule has 0 unspecified atom stereocenters. The molecule has 0 saturated heterocycles. The summed E-state index contributed by atoms with van der Waals surface area (Å²) in [4.78, 5) is 24.6. The van der Waals surface area contributed by atoms with E-state index in [0.717, 1.165) is 0 Å². The van der Waals surface area contributed by atoms with Gasteiger partial charge >= 0.3 is 11.9 Å². The molecule has 134 valence electrons. The molecule has 0 aromatic heterocycles. The van der Waals surface area contributed by atoms with Gasteiger partial charge in [0.05, 0.1) is 17.7 Å². The van der Waals surface area contributed by atoms with Crippen molar-refractivity contribution in [2.75, 3.05) is 6.61 Å². The number of hydrogen-bond acceptors (Lipinski definition) is 5. The van der Waals surface area contributed by atoms with Crippen molar-refractivity contribution in [1.82, 2.24) is 0 Å². The van der Waals surface area contributed by atoms with Crippen LogP contribution in [0.25, 0.3) is 0 Å². The second kappa shape index (κ2) is 9.96. The Hall–Kier alpha value is -3.18. The maximum Gasteiger partial charge on any atom is 0.338 e. The van der Waals surface area contributed by atoms with Crippen molar-refractivity contribution in [1.29, 1.82) is 0 Å². The molecule has 2 aromatic rings. The van der Waals surface area contributed by atoms with E-state index in [1.807, 2.05) is 0 Å². The fourth-order valence-corrected chi connectivity index (χ4v) is 2.19. The van der Waals surface area contributed by atoms with Gasteiger partial charge in [0.25, 0.3) is 0 Å². The fourth-order valence-electron chi connectivity index (χ4n) is 2.19. The third-order valence-electron chi connectivity index (χ3n) is 3.49. The summed E-state index contributed by atoms with van der Waals surface area (Å²) in [5, 5.41) is 9.02. The number of carbonyl (C=O) groups is 2. The SMILES string of the molecule is C=C[C@H](OC(=O)c1ccccc1)[C@@H](/C=C/CO)OC(=O)c1ccccc1. The summed E-state index contributed by atoms with van der Waals surface area (Å²) in [6, 6.07) is 16.9. The van der Waals surface area contributed by atoms with E-state index in [4.69, 9.17) is 14.6 Å². The van der Waals surface area contributed by atoms with Gasteiger partial charge in [-0.15, -0.1) is 0 Å². The molecule has 0 bridgehead atoms. The molecule has 0 amide bonds. The van der Waals surface area contributed by atoms with E-state index in [-0.39, 0.29) is 6.61 Å². The first-order valence-electron chi connectivity index (χ1n) is 8.08. The average molecular weight is 352 g/mol. The third-order valence-corrected chi connectivity index (χ3v) is 3.49. The molecule has 2 atom stereocenters. The normalized spacial score (nSPS) is 13.0. The maximum atomic E-state index is 12.3. The van der Waals surface area contributed by atoms with Crippen LogP contribution in [0.4, 0.5) is 0 Å². The molecular formula is C21H20O5. The highest BCUT2D eigenvalue weighted by Gasteiger charge is 2.25. The van der Waals surface area contributed by atoms with Gasteiger partial charge in [-0.2, -0.15) is 0 Å². The van der Waals surface area contributed by atoms with Gasteiger partial charge in [0, 0.05) is 0 Å². The zero-order valence-electron chi connectivity index (χ0n) is 14.2. The molecule has 5 nitrogen and oxygen atoms in total. The monoisotopic (exact) mass is 352 g/mol. The van der Waals surface area contributed by atoms with Crippen LogP contribution in [0, 0.1) is 0 Å². The Morgan fingerprint density at radius 1 is 0.885 bits per heavy atom. The minimum absolute atomic E-state index is 0.240. The molecule has 2 rings (SSSR count). The van der Waals surface area contributed by atoms with Gasteiger partial charge in [-0.3, -0.25) is 0 Å². The first-order chi connectivity index (χ1) is 12.7. The summed E-state index contributed by atoms with van der Waals surface area (Å²) in [6.45, 7) is 3.41. The minimum atomic E-state index is -0.917. The summed E-state index contributed by atoms with van der Waals surface area (Å²) in [5.41, 5.74) is 0.741. The minimum Gasteiger partial charge on any atom is -0.450 e. The van der Waals surface area contributed by atoms with E-state index >= 15 is 0 Å². The Labute approximate surface area is 152 Å². The van der Waals surface area contributed by atoms with Crippen molar-refractivity contribution in [3.05, 3.63) is 96.6 Å². The zero-order chi connectivity index (χ0) is 18.8. The van der Waals surface area contributed by atoms with Gasteiger partial charge in [-0.1, -0.05) is 49.1 Å². The zero-order valence-corrected chi connectivity index (χ0v) is 14.2. The van der Waals surface area contributed by atoms with Crippen LogP contribution in [0.3, 0.4) is 0 Å². The summed E-state index contributed by atoms with van der Waals surface area (Å²) in [5.74, 6) is -1.13. The van der Waals surface area contributed by atoms with Crippen LogP contribution in [0.2, 0.25) is 0 Å². The number of carbonyl (C=O) groups excluding carboxylic acids is 2. The van der Waals surface area contributed by atoms with E-state index in [1.54, 1.807) is 60.7 Å². The fraction of sp³-hybridized carbons (Fsp3) is 0.143. The largest absolute Gasteiger partial charge is 0.450 e. The van der Waals surface area contributed by atoms with E-state index in [9.17, 15) is 9.59 Å². The standard InChI is InChI=1S/C21H20O5/c1-2-18(25-20(23)16-10-5-3-6-11-16)19(14-9-15-22)26-21(24)17-12-7-4-8-13-17/h2-14,18-19,22H,1,15H2/b14-9+/t18-,19+/m0/s1. The lowest BCUT2D eigenvalue weighted by Gasteiger charge is -2.22. The summed E-state index contributed by atoms with van der Waals surface area (Å²) in [7, 11) is 0. The van der Waals surface area contributed by atoms with Crippen LogP contribution in [-0.4, -0.2) is 35.9 Å². The maximum absolute atomic E-state index is 12.3. The molecule has 0 fully saturated rings. The van der Waals surface area contributed by atoms with Crippen molar-refractivity contribution >= 4 is 11.9 Å². The number of aliphatic hydroxyl groups is 1. The summed E-state index contributed by atoms with van der Waals surface area (Å²) < 4.78 is 10.9. The topological polar surface area (TPSA) is 72.8 Å². The molecule has 0 aliphatic rings. The molecule has 1 N–H and O–H groups in total. The lowest BCUT2D eigenvalue weighted by atomic mass is 10.1. The molecule has 0 heterocycles. The highest BCUT2D eigenvalue weighted by atomic mass is 16.6. The number of ether oxygens (including phenoxy) is 2. The second-order valence-electron chi connectivity index (χ2n) is 5.32. The molecule has 0 aliphatic heterocycles. The quantitative estimate of drug-likeness (QED) is 0.583. The molecule has 5 heteroatoms.